The molecule has 4 heteroatoms. The Morgan fingerprint density at radius 2 is 1.32 bits per heavy atom. The van der Waals surface area contributed by atoms with Crippen molar-refractivity contribution in [2.24, 2.45) is 9.98 Å². The fourth-order valence-electron chi connectivity index (χ4n) is 2.68. The minimum Gasteiger partial charge on any atom is -0.508 e. The van der Waals surface area contributed by atoms with Crippen molar-refractivity contribution < 1.29 is 10.2 Å². The molecule has 0 bridgehead atoms. The maximum atomic E-state index is 9.83. The Morgan fingerprint density at radius 1 is 0.840 bits per heavy atom. The molecule has 2 rings (SSSR count). The van der Waals surface area contributed by atoms with Crippen molar-refractivity contribution in [1.82, 2.24) is 0 Å². The SMILES string of the molecule is CC(Cc1ccccc1O)=NCC(C)N=C(C)Cc1ccccc1O. The first-order chi connectivity index (χ1) is 12.0. The number of phenolic OH excluding ortho intramolecular Hbond substituents is 2. The summed E-state index contributed by atoms with van der Waals surface area (Å²) in [6, 6.07) is 14.7. The second kappa shape index (κ2) is 9.02. The van der Waals surface area contributed by atoms with E-state index in [-0.39, 0.29) is 6.04 Å². The van der Waals surface area contributed by atoms with Crippen LogP contribution in [0.4, 0.5) is 0 Å². The smallest absolute Gasteiger partial charge is 0.119 e. The van der Waals surface area contributed by atoms with Gasteiger partial charge in [0, 0.05) is 24.3 Å². The molecule has 0 spiro atoms. The summed E-state index contributed by atoms with van der Waals surface area (Å²) in [6.07, 6.45) is 1.28. The van der Waals surface area contributed by atoms with Crippen LogP contribution in [0.15, 0.2) is 58.5 Å². The van der Waals surface area contributed by atoms with Gasteiger partial charge in [0.2, 0.25) is 0 Å². The Bertz CT molecular complexity index is 766. The van der Waals surface area contributed by atoms with Gasteiger partial charge < -0.3 is 10.2 Å². The highest BCUT2D eigenvalue weighted by molar-refractivity contribution is 5.85. The third-order valence-corrected chi connectivity index (χ3v) is 3.94. The molecule has 0 aromatic heterocycles. The number of hydrogen-bond donors (Lipinski definition) is 2. The first-order valence-electron chi connectivity index (χ1n) is 8.52. The van der Waals surface area contributed by atoms with Crippen molar-refractivity contribution in [3.05, 3.63) is 59.7 Å². The Hall–Kier alpha value is -2.62. The van der Waals surface area contributed by atoms with Crippen LogP contribution in [0, 0.1) is 0 Å². The second-order valence-electron chi connectivity index (χ2n) is 6.40. The lowest BCUT2D eigenvalue weighted by molar-refractivity contribution is 0.469. The van der Waals surface area contributed by atoms with Gasteiger partial charge in [0.05, 0.1) is 12.6 Å². The maximum Gasteiger partial charge on any atom is 0.119 e. The van der Waals surface area contributed by atoms with Crippen LogP contribution in [0.2, 0.25) is 0 Å². The van der Waals surface area contributed by atoms with Crippen molar-refractivity contribution in [2.75, 3.05) is 6.54 Å². The predicted octanol–water partition coefficient (Wildman–Crippen LogP) is 4.19. The van der Waals surface area contributed by atoms with Crippen LogP contribution in [-0.4, -0.2) is 34.2 Å². The van der Waals surface area contributed by atoms with E-state index in [9.17, 15) is 10.2 Å². The Morgan fingerprint density at radius 3 is 1.84 bits per heavy atom. The number of nitrogens with zero attached hydrogens (tertiary/aromatic N) is 2. The highest BCUT2D eigenvalue weighted by Crippen LogP contribution is 2.17. The van der Waals surface area contributed by atoms with Gasteiger partial charge >= 0.3 is 0 Å². The van der Waals surface area contributed by atoms with Gasteiger partial charge in [0.15, 0.2) is 0 Å². The average molecular weight is 338 g/mol. The van der Waals surface area contributed by atoms with Gasteiger partial charge in [0.1, 0.15) is 11.5 Å². The number of para-hydroxylation sites is 2. The number of hydrogen-bond acceptors (Lipinski definition) is 4. The topological polar surface area (TPSA) is 65.2 Å². The third-order valence-electron chi connectivity index (χ3n) is 3.94. The molecule has 2 aromatic rings. The number of phenols is 2. The summed E-state index contributed by atoms with van der Waals surface area (Å²) in [5.41, 5.74) is 3.72. The van der Waals surface area contributed by atoms with Crippen molar-refractivity contribution in [1.29, 1.82) is 0 Å². The lowest BCUT2D eigenvalue weighted by atomic mass is 10.1. The lowest BCUT2D eigenvalue weighted by Crippen LogP contribution is -2.10. The van der Waals surface area contributed by atoms with Gasteiger partial charge in [-0.1, -0.05) is 36.4 Å². The Kier molecular flexibility index (Phi) is 6.75. The molecule has 25 heavy (non-hydrogen) atoms. The maximum absolute atomic E-state index is 9.83. The van der Waals surface area contributed by atoms with Crippen LogP contribution in [0.5, 0.6) is 11.5 Å². The molecule has 0 saturated heterocycles. The minimum absolute atomic E-state index is 0.0742. The van der Waals surface area contributed by atoms with Crippen molar-refractivity contribution in [3.63, 3.8) is 0 Å². The number of aromatic hydroxyl groups is 2. The zero-order valence-electron chi connectivity index (χ0n) is 15.1. The largest absolute Gasteiger partial charge is 0.508 e. The molecule has 1 atom stereocenters. The summed E-state index contributed by atoms with van der Waals surface area (Å²) in [5.74, 6) is 0.614. The molecule has 0 heterocycles. The van der Waals surface area contributed by atoms with Gasteiger partial charge in [-0.3, -0.25) is 9.98 Å². The molecule has 1 unspecified atom stereocenters. The summed E-state index contributed by atoms with van der Waals surface area (Å²) in [7, 11) is 0. The first kappa shape index (κ1) is 18.7. The van der Waals surface area contributed by atoms with Gasteiger partial charge in [-0.2, -0.15) is 0 Å². The number of rotatable bonds is 7. The molecule has 0 saturated carbocycles. The van der Waals surface area contributed by atoms with Gasteiger partial charge in [-0.25, -0.2) is 0 Å². The van der Waals surface area contributed by atoms with Crippen molar-refractivity contribution in [3.8, 4) is 11.5 Å². The Labute approximate surface area is 149 Å². The van der Waals surface area contributed by atoms with E-state index in [0.717, 1.165) is 22.6 Å². The first-order valence-corrected chi connectivity index (χ1v) is 8.52. The van der Waals surface area contributed by atoms with Crippen LogP contribution >= 0.6 is 0 Å². The average Bonchev–Trinajstić information content (AvgIpc) is 2.57. The van der Waals surface area contributed by atoms with Crippen LogP contribution in [0.1, 0.15) is 31.9 Å². The highest BCUT2D eigenvalue weighted by atomic mass is 16.3. The van der Waals surface area contributed by atoms with E-state index in [1.54, 1.807) is 12.1 Å². The van der Waals surface area contributed by atoms with E-state index >= 15 is 0 Å². The normalized spacial score (nSPS) is 13.7. The lowest BCUT2D eigenvalue weighted by Gasteiger charge is -2.09. The molecule has 0 amide bonds. The van der Waals surface area contributed by atoms with Crippen LogP contribution < -0.4 is 0 Å². The fourth-order valence-corrected chi connectivity index (χ4v) is 2.68. The van der Waals surface area contributed by atoms with Crippen molar-refractivity contribution >= 4 is 11.4 Å². The Balaban J connectivity index is 1.91. The molecular formula is C21H26N2O2. The third kappa shape index (κ3) is 6.07. The zero-order chi connectivity index (χ0) is 18.2. The quantitative estimate of drug-likeness (QED) is 0.743. The number of benzene rings is 2. The molecule has 4 nitrogen and oxygen atoms in total. The monoisotopic (exact) mass is 338 g/mol. The minimum atomic E-state index is 0.0742. The van der Waals surface area contributed by atoms with E-state index in [4.69, 9.17) is 0 Å². The molecule has 0 radical (unpaired) electrons. The van der Waals surface area contributed by atoms with Crippen LogP contribution in [-0.2, 0) is 12.8 Å². The van der Waals surface area contributed by atoms with Crippen LogP contribution in [0.3, 0.4) is 0 Å². The summed E-state index contributed by atoms with van der Waals surface area (Å²) in [6.45, 7) is 6.59. The molecule has 2 N–H and O–H groups in total. The zero-order valence-corrected chi connectivity index (χ0v) is 15.1. The van der Waals surface area contributed by atoms with E-state index in [0.29, 0.717) is 30.9 Å². The summed E-state index contributed by atoms with van der Waals surface area (Å²) in [5, 5.41) is 19.7. The van der Waals surface area contributed by atoms with E-state index in [1.807, 2.05) is 57.2 Å². The molecule has 2 aromatic carbocycles. The van der Waals surface area contributed by atoms with Gasteiger partial charge in [-0.15, -0.1) is 0 Å². The van der Waals surface area contributed by atoms with E-state index < -0.39 is 0 Å². The predicted molar refractivity (Wildman–Crippen MR) is 104 cm³/mol. The van der Waals surface area contributed by atoms with E-state index in [1.165, 1.54) is 0 Å². The van der Waals surface area contributed by atoms with Crippen LogP contribution in [0.25, 0.3) is 0 Å². The van der Waals surface area contributed by atoms with Gasteiger partial charge in [-0.05, 0) is 44.0 Å². The summed E-state index contributed by atoms with van der Waals surface area (Å²) in [4.78, 5) is 9.25. The number of aliphatic imine (C=N–C) groups is 2. The molecule has 0 aliphatic carbocycles. The van der Waals surface area contributed by atoms with Gasteiger partial charge in [0.25, 0.3) is 0 Å². The van der Waals surface area contributed by atoms with E-state index in [2.05, 4.69) is 9.98 Å². The fraction of sp³-hybridized carbons (Fsp3) is 0.333. The highest BCUT2D eigenvalue weighted by Gasteiger charge is 2.05. The molecule has 0 fully saturated rings. The molecule has 0 aliphatic rings. The van der Waals surface area contributed by atoms with Crippen molar-refractivity contribution in [2.45, 2.75) is 39.7 Å². The molecule has 0 aliphatic heterocycles. The summed E-state index contributed by atoms with van der Waals surface area (Å²) >= 11 is 0. The summed E-state index contributed by atoms with van der Waals surface area (Å²) < 4.78 is 0. The second-order valence-corrected chi connectivity index (χ2v) is 6.40. The standard InChI is InChI=1S/C21H26N2O2/c1-15(12-18-8-4-6-10-20(18)24)22-14-17(3)23-16(2)13-19-9-5-7-11-21(19)25/h4-11,17,24-25H,12-14H2,1-3H3. The molecular weight excluding hydrogens is 312 g/mol. The molecule has 132 valence electrons.